The Bertz CT molecular complexity index is 684. The highest BCUT2D eigenvalue weighted by Gasteiger charge is 2.17. The van der Waals surface area contributed by atoms with E-state index in [1.165, 1.54) is 0 Å². The molecule has 0 amide bonds. The average molecular weight is 267 g/mol. The van der Waals surface area contributed by atoms with E-state index in [9.17, 15) is 0 Å². The van der Waals surface area contributed by atoms with Crippen LogP contribution in [0.3, 0.4) is 0 Å². The molecule has 2 N–H and O–H groups in total. The Hall–Kier alpha value is -2.49. The Morgan fingerprint density at radius 1 is 1.20 bits per heavy atom. The van der Waals surface area contributed by atoms with Crippen molar-refractivity contribution in [1.82, 2.24) is 9.78 Å². The summed E-state index contributed by atoms with van der Waals surface area (Å²) in [5, 5.41) is 4.67. The van der Waals surface area contributed by atoms with Gasteiger partial charge in [-0.3, -0.25) is 0 Å². The second-order valence-corrected chi connectivity index (χ2v) is 4.72. The van der Waals surface area contributed by atoms with Gasteiger partial charge >= 0.3 is 0 Å². The number of nitrogens with two attached hydrogens (primary N) is 1. The number of furan rings is 1. The van der Waals surface area contributed by atoms with Crippen LogP contribution < -0.4 is 5.73 Å². The Morgan fingerprint density at radius 3 is 2.65 bits per heavy atom. The fourth-order valence-corrected chi connectivity index (χ4v) is 2.36. The predicted octanol–water partition coefficient (Wildman–Crippen LogP) is 3.67. The lowest BCUT2D eigenvalue weighted by atomic mass is 10.1. The fourth-order valence-electron chi connectivity index (χ4n) is 2.36. The number of nitrogens with zero attached hydrogens (tertiary/aromatic N) is 2. The molecular formula is C16H17N3O. The zero-order valence-corrected chi connectivity index (χ0v) is 11.4. The van der Waals surface area contributed by atoms with Crippen LogP contribution in [0.5, 0.6) is 0 Å². The maximum Gasteiger partial charge on any atom is 0.131 e. The van der Waals surface area contributed by atoms with Crippen molar-refractivity contribution in [2.75, 3.05) is 5.73 Å². The van der Waals surface area contributed by atoms with Crippen LogP contribution in [0.1, 0.15) is 18.9 Å². The second kappa shape index (κ2) is 5.25. The van der Waals surface area contributed by atoms with Crippen molar-refractivity contribution in [3.63, 3.8) is 0 Å². The molecule has 0 unspecified atom stereocenters. The minimum Gasteiger partial charge on any atom is -0.472 e. The molecule has 0 radical (unpaired) electrons. The molecule has 1 aromatic carbocycles. The summed E-state index contributed by atoms with van der Waals surface area (Å²) < 4.78 is 6.97. The van der Waals surface area contributed by atoms with E-state index in [1.54, 1.807) is 17.2 Å². The fraction of sp³-hybridized carbons (Fsp3) is 0.188. The van der Waals surface area contributed by atoms with Crippen LogP contribution in [0, 0.1) is 0 Å². The van der Waals surface area contributed by atoms with Gasteiger partial charge in [-0.15, -0.1) is 0 Å². The number of aromatic nitrogens is 2. The summed E-state index contributed by atoms with van der Waals surface area (Å²) in [5.41, 5.74) is 10.2. The number of hydrogen-bond donors (Lipinski definition) is 1. The highest BCUT2D eigenvalue weighted by molar-refractivity contribution is 5.69. The number of rotatable bonds is 4. The van der Waals surface area contributed by atoms with Gasteiger partial charge in [-0.05, 0) is 24.6 Å². The van der Waals surface area contributed by atoms with Gasteiger partial charge in [-0.2, -0.15) is 5.10 Å². The predicted molar refractivity (Wildman–Crippen MR) is 79.7 cm³/mol. The quantitative estimate of drug-likeness (QED) is 0.784. The molecule has 0 aliphatic carbocycles. The van der Waals surface area contributed by atoms with E-state index < -0.39 is 0 Å². The number of para-hydroxylation sites is 1. The van der Waals surface area contributed by atoms with Crippen molar-refractivity contribution in [3.05, 3.63) is 54.5 Å². The highest BCUT2D eigenvalue weighted by Crippen LogP contribution is 2.30. The lowest BCUT2D eigenvalue weighted by molar-refractivity contribution is 0.568. The van der Waals surface area contributed by atoms with Gasteiger partial charge < -0.3 is 10.2 Å². The molecule has 2 heterocycles. The van der Waals surface area contributed by atoms with Crippen LogP contribution >= 0.6 is 0 Å². The molecule has 0 bridgehead atoms. The minimum atomic E-state index is 0.703. The normalized spacial score (nSPS) is 10.8. The van der Waals surface area contributed by atoms with E-state index in [-0.39, 0.29) is 0 Å². The lowest BCUT2D eigenvalue weighted by Crippen LogP contribution is -2.02. The number of anilines is 1. The third-order valence-electron chi connectivity index (χ3n) is 3.32. The SMILES string of the molecule is CCCc1c(-c2ccoc2)nn(-c2ccccc2)c1N. The standard InChI is InChI=1S/C16H17N3O/c1-2-6-14-15(12-9-10-20-11-12)18-19(16(14)17)13-7-4-3-5-8-13/h3-5,7-11H,2,6,17H2,1H3. The van der Waals surface area contributed by atoms with E-state index in [0.717, 1.165) is 35.3 Å². The molecule has 20 heavy (non-hydrogen) atoms. The molecule has 0 fully saturated rings. The summed E-state index contributed by atoms with van der Waals surface area (Å²) in [4.78, 5) is 0. The molecule has 3 aromatic rings. The summed E-state index contributed by atoms with van der Waals surface area (Å²) in [6, 6.07) is 11.8. The summed E-state index contributed by atoms with van der Waals surface area (Å²) in [7, 11) is 0. The first-order chi connectivity index (χ1) is 9.81. The number of benzene rings is 1. The van der Waals surface area contributed by atoms with Gasteiger partial charge in [-0.1, -0.05) is 31.5 Å². The van der Waals surface area contributed by atoms with E-state index in [4.69, 9.17) is 10.2 Å². The van der Waals surface area contributed by atoms with Gasteiger partial charge in [-0.25, -0.2) is 4.68 Å². The second-order valence-electron chi connectivity index (χ2n) is 4.72. The van der Waals surface area contributed by atoms with Gasteiger partial charge in [0.1, 0.15) is 11.5 Å². The molecular weight excluding hydrogens is 250 g/mol. The molecule has 0 aliphatic heterocycles. The van der Waals surface area contributed by atoms with E-state index >= 15 is 0 Å². The summed E-state index contributed by atoms with van der Waals surface area (Å²) in [5.74, 6) is 0.703. The van der Waals surface area contributed by atoms with Crippen LogP contribution in [0.4, 0.5) is 5.82 Å². The van der Waals surface area contributed by atoms with Crippen LogP contribution in [-0.2, 0) is 6.42 Å². The van der Waals surface area contributed by atoms with Gasteiger partial charge in [0.25, 0.3) is 0 Å². The Balaban J connectivity index is 2.16. The average Bonchev–Trinajstić information content (AvgIpc) is 3.10. The molecule has 0 saturated carbocycles. The van der Waals surface area contributed by atoms with Crippen LogP contribution in [0.2, 0.25) is 0 Å². The zero-order chi connectivity index (χ0) is 13.9. The number of nitrogen functional groups attached to an aromatic ring is 1. The van der Waals surface area contributed by atoms with Gasteiger partial charge in [0, 0.05) is 11.1 Å². The molecule has 4 nitrogen and oxygen atoms in total. The van der Waals surface area contributed by atoms with Gasteiger partial charge in [0.2, 0.25) is 0 Å². The molecule has 4 heteroatoms. The van der Waals surface area contributed by atoms with E-state index in [1.807, 2.05) is 36.4 Å². The van der Waals surface area contributed by atoms with Gasteiger partial charge in [0.05, 0.1) is 18.2 Å². The van der Waals surface area contributed by atoms with Crippen molar-refractivity contribution in [2.45, 2.75) is 19.8 Å². The highest BCUT2D eigenvalue weighted by atomic mass is 16.3. The smallest absolute Gasteiger partial charge is 0.131 e. The minimum absolute atomic E-state index is 0.703. The molecule has 0 atom stereocenters. The summed E-state index contributed by atoms with van der Waals surface area (Å²) >= 11 is 0. The Kier molecular flexibility index (Phi) is 3.29. The maximum atomic E-state index is 6.30. The third kappa shape index (κ3) is 2.09. The van der Waals surface area contributed by atoms with E-state index in [0.29, 0.717) is 5.82 Å². The number of hydrogen-bond acceptors (Lipinski definition) is 3. The topological polar surface area (TPSA) is 57.0 Å². The van der Waals surface area contributed by atoms with Gasteiger partial charge in [0.15, 0.2) is 0 Å². The Morgan fingerprint density at radius 2 is 2.00 bits per heavy atom. The molecule has 0 spiro atoms. The summed E-state index contributed by atoms with van der Waals surface area (Å²) in [6.07, 6.45) is 5.29. The lowest BCUT2D eigenvalue weighted by Gasteiger charge is -2.04. The first-order valence-corrected chi connectivity index (χ1v) is 6.76. The molecule has 0 saturated heterocycles. The van der Waals surface area contributed by atoms with Crippen LogP contribution in [0.25, 0.3) is 16.9 Å². The Labute approximate surface area is 117 Å². The van der Waals surface area contributed by atoms with Crippen molar-refractivity contribution < 1.29 is 4.42 Å². The third-order valence-corrected chi connectivity index (χ3v) is 3.32. The molecule has 102 valence electrons. The first-order valence-electron chi connectivity index (χ1n) is 6.76. The largest absolute Gasteiger partial charge is 0.472 e. The molecule has 0 aliphatic rings. The maximum absolute atomic E-state index is 6.30. The monoisotopic (exact) mass is 267 g/mol. The zero-order valence-electron chi connectivity index (χ0n) is 11.4. The van der Waals surface area contributed by atoms with Crippen molar-refractivity contribution >= 4 is 5.82 Å². The van der Waals surface area contributed by atoms with E-state index in [2.05, 4.69) is 12.0 Å². The van der Waals surface area contributed by atoms with Crippen molar-refractivity contribution in [3.8, 4) is 16.9 Å². The molecule has 2 aromatic heterocycles. The van der Waals surface area contributed by atoms with Crippen LogP contribution in [0.15, 0.2) is 53.3 Å². The van der Waals surface area contributed by atoms with Crippen molar-refractivity contribution in [2.24, 2.45) is 0 Å². The van der Waals surface area contributed by atoms with Crippen LogP contribution in [-0.4, -0.2) is 9.78 Å². The summed E-state index contributed by atoms with van der Waals surface area (Å²) in [6.45, 7) is 2.14. The first kappa shape index (κ1) is 12.5. The van der Waals surface area contributed by atoms with Crippen molar-refractivity contribution in [1.29, 1.82) is 0 Å². The molecule has 3 rings (SSSR count).